The third-order valence-electron chi connectivity index (χ3n) is 3.77. The monoisotopic (exact) mass is 286 g/mol. The van der Waals surface area contributed by atoms with Gasteiger partial charge in [0.05, 0.1) is 13.0 Å². The number of aliphatic carboxylic acids is 1. The van der Waals surface area contributed by atoms with Gasteiger partial charge in [-0.25, -0.2) is 4.79 Å². The van der Waals surface area contributed by atoms with E-state index in [9.17, 15) is 9.59 Å². The quantitative estimate of drug-likeness (QED) is 0.780. The molecule has 1 heterocycles. The van der Waals surface area contributed by atoms with Gasteiger partial charge in [-0.05, 0) is 12.8 Å². The SMILES string of the molecule is CN(CCC(=O)O)C(=O)NCC1COC2(CCCC2)O1. The van der Waals surface area contributed by atoms with Crippen LogP contribution in [0.5, 0.6) is 0 Å². The number of ether oxygens (including phenoxy) is 2. The highest BCUT2D eigenvalue weighted by Gasteiger charge is 2.43. The van der Waals surface area contributed by atoms with Gasteiger partial charge >= 0.3 is 12.0 Å². The molecule has 2 fully saturated rings. The summed E-state index contributed by atoms with van der Waals surface area (Å²) in [5.74, 6) is -1.33. The van der Waals surface area contributed by atoms with Gasteiger partial charge in [0.2, 0.25) is 0 Å². The lowest BCUT2D eigenvalue weighted by Gasteiger charge is -2.22. The van der Waals surface area contributed by atoms with Gasteiger partial charge in [-0.2, -0.15) is 0 Å². The van der Waals surface area contributed by atoms with Crippen molar-refractivity contribution in [3.8, 4) is 0 Å². The van der Waals surface area contributed by atoms with Crippen LogP contribution in [0.4, 0.5) is 4.79 Å². The molecular weight excluding hydrogens is 264 g/mol. The summed E-state index contributed by atoms with van der Waals surface area (Å²) in [5, 5.41) is 11.3. The molecule has 1 saturated carbocycles. The summed E-state index contributed by atoms with van der Waals surface area (Å²) in [7, 11) is 1.57. The Balaban J connectivity index is 1.67. The minimum atomic E-state index is -0.916. The van der Waals surface area contributed by atoms with Crippen LogP contribution >= 0.6 is 0 Å². The molecule has 2 N–H and O–H groups in total. The number of carboxylic acid groups (broad SMARTS) is 1. The average molecular weight is 286 g/mol. The van der Waals surface area contributed by atoms with Gasteiger partial charge in [0, 0.05) is 33.0 Å². The molecule has 2 aliphatic rings. The molecule has 0 radical (unpaired) electrons. The minimum absolute atomic E-state index is 0.0595. The lowest BCUT2D eigenvalue weighted by molar-refractivity contribution is -0.161. The third kappa shape index (κ3) is 3.83. The number of nitrogens with zero attached hydrogens (tertiary/aromatic N) is 1. The van der Waals surface area contributed by atoms with E-state index in [0.29, 0.717) is 13.2 Å². The van der Waals surface area contributed by atoms with Crippen LogP contribution in [0.25, 0.3) is 0 Å². The Bertz CT molecular complexity index is 368. The van der Waals surface area contributed by atoms with Crippen LogP contribution in [0.2, 0.25) is 0 Å². The van der Waals surface area contributed by atoms with Crippen LogP contribution < -0.4 is 5.32 Å². The number of carboxylic acids is 1. The summed E-state index contributed by atoms with van der Waals surface area (Å²) in [6.07, 6.45) is 3.92. The zero-order valence-corrected chi connectivity index (χ0v) is 11.8. The lowest BCUT2D eigenvalue weighted by Crippen LogP contribution is -2.42. The van der Waals surface area contributed by atoms with Crippen LogP contribution in [-0.2, 0) is 14.3 Å². The van der Waals surface area contributed by atoms with E-state index in [1.165, 1.54) is 4.90 Å². The van der Waals surface area contributed by atoms with Gasteiger partial charge in [0.25, 0.3) is 0 Å². The minimum Gasteiger partial charge on any atom is -0.481 e. The van der Waals surface area contributed by atoms with Crippen molar-refractivity contribution >= 4 is 12.0 Å². The maximum absolute atomic E-state index is 11.8. The Kier molecular flexibility index (Phi) is 4.82. The topological polar surface area (TPSA) is 88.1 Å². The molecule has 1 aliphatic carbocycles. The van der Waals surface area contributed by atoms with Gasteiger partial charge in [0.1, 0.15) is 6.10 Å². The Morgan fingerprint density at radius 1 is 1.40 bits per heavy atom. The first-order chi connectivity index (χ1) is 9.51. The van der Waals surface area contributed by atoms with Crippen molar-refractivity contribution in [3.05, 3.63) is 0 Å². The van der Waals surface area contributed by atoms with Crippen LogP contribution in [0.3, 0.4) is 0 Å². The number of hydrogen-bond donors (Lipinski definition) is 2. The first-order valence-electron chi connectivity index (χ1n) is 7.03. The van der Waals surface area contributed by atoms with Crippen molar-refractivity contribution in [2.75, 3.05) is 26.7 Å². The van der Waals surface area contributed by atoms with E-state index < -0.39 is 11.8 Å². The van der Waals surface area contributed by atoms with Crippen LogP contribution in [0.15, 0.2) is 0 Å². The average Bonchev–Trinajstić information content (AvgIpc) is 3.04. The van der Waals surface area contributed by atoms with E-state index in [1.54, 1.807) is 7.05 Å². The summed E-state index contributed by atoms with van der Waals surface area (Å²) in [4.78, 5) is 23.5. The summed E-state index contributed by atoms with van der Waals surface area (Å²) in [6, 6.07) is -0.290. The van der Waals surface area contributed by atoms with Crippen molar-refractivity contribution in [3.63, 3.8) is 0 Å². The smallest absolute Gasteiger partial charge is 0.317 e. The second-order valence-corrected chi connectivity index (χ2v) is 5.42. The molecule has 1 spiro atoms. The van der Waals surface area contributed by atoms with E-state index in [2.05, 4.69) is 5.32 Å². The normalized spacial score (nSPS) is 23.9. The van der Waals surface area contributed by atoms with Gasteiger partial charge in [-0.3, -0.25) is 4.79 Å². The maximum atomic E-state index is 11.8. The molecule has 1 aliphatic heterocycles. The molecule has 2 amide bonds. The molecule has 0 aromatic rings. The lowest BCUT2D eigenvalue weighted by atomic mass is 10.2. The number of urea groups is 1. The molecule has 2 rings (SSSR count). The zero-order valence-electron chi connectivity index (χ0n) is 11.8. The molecule has 1 unspecified atom stereocenters. The number of rotatable bonds is 5. The summed E-state index contributed by atoms with van der Waals surface area (Å²) < 4.78 is 11.6. The highest BCUT2D eigenvalue weighted by molar-refractivity contribution is 5.75. The molecule has 1 atom stereocenters. The van der Waals surface area contributed by atoms with E-state index in [4.69, 9.17) is 14.6 Å². The Morgan fingerprint density at radius 2 is 2.10 bits per heavy atom. The van der Waals surface area contributed by atoms with Crippen LogP contribution in [0.1, 0.15) is 32.1 Å². The molecule has 1 saturated heterocycles. The van der Waals surface area contributed by atoms with Crippen LogP contribution in [-0.4, -0.2) is 60.6 Å². The third-order valence-corrected chi connectivity index (χ3v) is 3.77. The maximum Gasteiger partial charge on any atom is 0.317 e. The molecule has 20 heavy (non-hydrogen) atoms. The van der Waals surface area contributed by atoms with Crippen molar-refractivity contribution in [1.29, 1.82) is 0 Å². The van der Waals surface area contributed by atoms with E-state index in [-0.39, 0.29) is 25.1 Å². The highest BCUT2D eigenvalue weighted by Crippen LogP contribution is 2.38. The number of nitrogens with one attached hydrogen (secondary N) is 1. The van der Waals surface area contributed by atoms with Gasteiger partial charge in [-0.1, -0.05) is 0 Å². The summed E-state index contributed by atoms with van der Waals surface area (Å²) >= 11 is 0. The molecule has 0 aromatic heterocycles. The largest absolute Gasteiger partial charge is 0.481 e. The second-order valence-electron chi connectivity index (χ2n) is 5.42. The standard InChI is InChI=1S/C13H22N2O5/c1-15(7-4-11(16)17)12(18)14-8-10-9-19-13(20-10)5-2-3-6-13/h10H,2-9H2,1H3,(H,14,18)(H,16,17). The fraction of sp³-hybridized carbons (Fsp3) is 0.846. The first-order valence-corrected chi connectivity index (χ1v) is 7.03. The zero-order chi connectivity index (χ0) is 14.6. The summed E-state index contributed by atoms with van der Waals surface area (Å²) in [6.45, 7) is 1.07. The highest BCUT2D eigenvalue weighted by atomic mass is 16.7. The Labute approximate surface area is 118 Å². The van der Waals surface area contributed by atoms with E-state index in [0.717, 1.165) is 25.7 Å². The first kappa shape index (κ1) is 15.1. The molecule has 114 valence electrons. The second kappa shape index (κ2) is 6.41. The van der Waals surface area contributed by atoms with Gasteiger partial charge in [0.15, 0.2) is 5.79 Å². The summed E-state index contributed by atoms with van der Waals surface area (Å²) in [5.41, 5.74) is 0. The predicted molar refractivity (Wildman–Crippen MR) is 70.3 cm³/mol. The van der Waals surface area contributed by atoms with E-state index >= 15 is 0 Å². The van der Waals surface area contributed by atoms with E-state index in [1.807, 2.05) is 0 Å². The van der Waals surface area contributed by atoms with Gasteiger partial charge in [-0.15, -0.1) is 0 Å². The van der Waals surface area contributed by atoms with Crippen molar-refractivity contribution in [2.24, 2.45) is 0 Å². The molecular formula is C13H22N2O5. The predicted octanol–water partition coefficient (Wildman–Crippen LogP) is 0.788. The Hall–Kier alpha value is -1.34. The molecule has 0 bridgehead atoms. The molecule has 0 aromatic carbocycles. The van der Waals surface area contributed by atoms with Crippen molar-refractivity contribution in [1.82, 2.24) is 10.2 Å². The number of amides is 2. The van der Waals surface area contributed by atoms with Crippen molar-refractivity contribution < 1.29 is 24.2 Å². The number of carbonyl (C=O) groups excluding carboxylic acids is 1. The fourth-order valence-electron chi connectivity index (χ4n) is 2.59. The van der Waals surface area contributed by atoms with Gasteiger partial charge < -0.3 is 24.8 Å². The number of hydrogen-bond acceptors (Lipinski definition) is 4. The molecule has 7 heteroatoms. The Morgan fingerprint density at radius 3 is 2.75 bits per heavy atom. The fourth-order valence-corrected chi connectivity index (χ4v) is 2.59. The number of carbonyl (C=O) groups is 2. The van der Waals surface area contributed by atoms with Crippen LogP contribution in [0, 0.1) is 0 Å². The molecule has 7 nitrogen and oxygen atoms in total. The van der Waals surface area contributed by atoms with Crippen molar-refractivity contribution in [2.45, 2.75) is 44.0 Å².